The van der Waals surface area contributed by atoms with E-state index in [0.29, 0.717) is 12.0 Å². The molecule has 0 fully saturated rings. The van der Waals surface area contributed by atoms with Gasteiger partial charge in [0.2, 0.25) is 0 Å². The maximum Gasteiger partial charge on any atom is 0.114 e. The molecule has 0 aliphatic heterocycles. The Bertz CT molecular complexity index is 3970. The summed E-state index contributed by atoms with van der Waals surface area (Å²) in [5.74, 6) is 0.671. The number of nitrogens with zero attached hydrogens (tertiary/aromatic N) is 5. The normalized spacial score (nSPS) is 12.5. The molecule has 0 amide bonds. The third-order valence-electron chi connectivity index (χ3n) is 16.7. The predicted octanol–water partition coefficient (Wildman–Crippen LogP) is 24.6. The Morgan fingerprint density at radius 2 is 0.938 bits per heavy atom. The lowest BCUT2D eigenvalue weighted by atomic mass is 9.91. The number of fused-ring (bicyclic) bond motifs is 5. The van der Waals surface area contributed by atoms with Crippen molar-refractivity contribution in [3.05, 3.63) is 132 Å². The van der Waals surface area contributed by atoms with Crippen LogP contribution < -0.4 is 0 Å². The molecule has 12 rings (SSSR count). The second-order valence-electron chi connectivity index (χ2n) is 22.2. The number of benzene rings is 4. The van der Waals surface area contributed by atoms with Crippen LogP contribution in [0.4, 0.5) is 0 Å². The van der Waals surface area contributed by atoms with Gasteiger partial charge in [0.25, 0.3) is 0 Å². The van der Waals surface area contributed by atoms with Crippen molar-refractivity contribution in [2.45, 2.75) is 156 Å². The highest BCUT2D eigenvalue weighted by Gasteiger charge is 2.24. The van der Waals surface area contributed by atoms with E-state index in [2.05, 4.69) is 159 Å². The molecule has 8 aromatic heterocycles. The third-order valence-corrected chi connectivity index (χ3v) is 23.6. The van der Waals surface area contributed by atoms with E-state index in [1.165, 1.54) is 221 Å². The fraction of sp³-hybridized carbons (Fsp3) is 0.362. The Labute approximate surface area is 507 Å². The Morgan fingerprint density at radius 1 is 0.407 bits per heavy atom. The zero-order valence-electron chi connectivity index (χ0n) is 47.3. The lowest BCUT2D eigenvalue weighted by Gasteiger charge is -2.22. The molecule has 1 unspecified atom stereocenters. The molecular formula is C69H73N5S7. The SMILES string of the molecule is CCCCCCCCC(CCCCCCCC)n1c2ccccc2c2ccc(-c3ccc(-c4ccc(-c5ccc(-c6ccc(-c7ccc(-c8sc(-c9cccs9)cc8CC(CC)CCCC)c8nsnc78)s6)c6nsnc56)s4)s3)cc21. The Hall–Kier alpha value is -5.18. The quantitative estimate of drug-likeness (QED) is 0.0459. The molecule has 0 bridgehead atoms. The summed E-state index contributed by atoms with van der Waals surface area (Å²) in [6.07, 6.45) is 24.6. The Morgan fingerprint density at radius 3 is 1.54 bits per heavy atom. The van der Waals surface area contributed by atoms with Gasteiger partial charge in [0, 0.05) is 88.5 Å². The van der Waals surface area contributed by atoms with Crippen molar-refractivity contribution in [2.75, 3.05) is 0 Å². The molecule has 12 heteroatoms. The van der Waals surface area contributed by atoms with Gasteiger partial charge in [0.1, 0.15) is 22.1 Å². The molecule has 0 aliphatic rings. The summed E-state index contributed by atoms with van der Waals surface area (Å²) in [6.45, 7) is 9.29. The van der Waals surface area contributed by atoms with Crippen molar-refractivity contribution in [3.63, 3.8) is 0 Å². The summed E-state index contributed by atoms with van der Waals surface area (Å²) in [5, 5.41) is 4.94. The number of hydrogen-bond acceptors (Lipinski definition) is 11. The van der Waals surface area contributed by atoms with E-state index in [4.69, 9.17) is 17.5 Å². The molecular weight excluding hydrogens is 1120 g/mol. The lowest BCUT2D eigenvalue weighted by Crippen LogP contribution is -2.09. The van der Waals surface area contributed by atoms with Gasteiger partial charge in [-0.1, -0.05) is 191 Å². The van der Waals surface area contributed by atoms with Crippen molar-refractivity contribution < 1.29 is 0 Å². The number of para-hydroxylation sites is 1. The molecule has 12 aromatic rings. The van der Waals surface area contributed by atoms with Gasteiger partial charge in [-0.05, 0) is 102 Å². The number of aromatic nitrogens is 5. The van der Waals surface area contributed by atoms with Crippen LogP contribution in [0.15, 0.2) is 127 Å². The van der Waals surface area contributed by atoms with Crippen LogP contribution in [-0.2, 0) is 6.42 Å². The number of rotatable bonds is 28. The Kier molecular flexibility index (Phi) is 18.5. The maximum atomic E-state index is 5.00. The van der Waals surface area contributed by atoms with E-state index in [1.54, 1.807) is 11.3 Å². The molecule has 0 N–H and O–H groups in total. The highest BCUT2D eigenvalue weighted by molar-refractivity contribution is 7.25. The van der Waals surface area contributed by atoms with Crippen molar-refractivity contribution in [1.29, 1.82) is 0 Å². The Balaban J connectivity index is 0.794. The van der Waals surface area contributed by atoms with E-state index < -0.39 is 0 Å². The first kappa shape index (κ1) is 56.3. The van der Waals surface area contributed by atoms with Crippen molar-refractivity contribution in [2.24, 2.45) is 5.92 Å². The van der Waals surface area contributed by atoms with Crippen LogP contribution >= 0.6 is 80.1 Å². The molecule has 0 radical (unpaired) electrons. The molecule has 416 valence electrons. The molecule has 0 spiro atoms. The summed E-state index contributed by atoms with van der Waals surface area (Å²) in [5.41, 5.74) is 14.0. The fourth-order valence-corrected chi connectivity index (χ4v) is 18.6. The van der Waals surface area contributed by atoms with Crippen LogP contribution in [-0.4, -0.2) is 22.1 Å². The van der Waals surface area contributed by atoms with Gasteiger partial charge in [-0.2, -0.15) is 17.5 Å². The van der Waals surface area contributed by atoms with E-state index >= 15 is 0 Å². The minimum Gasteiger partial charge on any atom is -0.337 e. The summed E-state index contributed by atoms with van der Waals surface area (Å²) < 4.78 is 22.7. The number of hydrogen-bond donors (Lipinski definition) is 0. The second-order valence-corrected chi connectivity index (χ2v) is 28.5. The standard InChI is InChI=1S/C69H73N5S7/c1-5-9-12-14-16-18-24-48(25-19-17-15-13-10-6-2)74-55-27-21-20-26-49(55)50-30-29-46(43-56(50)74)57-35-39-62(76-57)63-40-38-60(78-63)52-32-31-51(65-66(52)71-80-70-65)58-36-37-59(77-58)53-33-34-54(68-67(53)72-81-73-68)69-47(42-45(8-4)23-11-7-3)44-64(79-69)61-28-22-41-75-61/h20-22,26-41,43-45,48H,5-19,23-25,42H2,1-4H3. The zero-order chi connectivity index (χ0) is 55.1. The van der Waals surface area contributed by atoms with E-state index in [-0.39, 0.29) is 0 Å². The fourth-order valence-electron chi connectivity index (χ4n) is 12.3. The van der Waals surface area contributed by atoms with Crippen LogP contribution in [0.2, 0.25) is 0 Å². The minimum absolute atomic E-state index is 0.506. The molecule has 5 nitrogen and oxygen atoms in total. The zero-order valence-corrected chi connectivity index (χ0v) is 53.0. The van der Waals surface area contributed by atoms with Crippen LogP contribution in [0.5, 0.6) is 0 Å². The van der Waals surface area contributed by atoms with Gasteiger partial charge in [-0.3, -0.25) is 0 Å². The summed E-state index contributed by atoms with van der Waals surface area (Å²) in [6, 6.07) is 46.7. The van der Waals surface area contributed by atoms with Gasteiger partial charge < -0.3 is 4.57 Å². The van der Waals surface area contributed by atoms with Gasteiger partial charge in [0.05, 0.1) is 29.0 Å². The van der Waals surface area contributed by atoms with Crippen molar-refractivity contribution in [3.8, 4) is 71.7 Å². The summed E-state index contributed by atoms with van der Waals surface area (Å²) >= 11 is 11.9. The molecule has 0 saturated carbocycles. The largest absolute Gasteiger partial charge is 0.337 e. The van der Waals surface area contributed by atoms with E-state index in [9.17, 15) is 0 Å². The second kappa shape index (κ2) is 26.6. The van der Waals surface area contributed by atoms with Crippen molar-refractivity contribution in [1.82, 2.24) is 22.1 Å². The molecule has 8 heterocycles. The van der Waals surface area contributed by atoms with Crippen LogP contribution in [0, 0.1) is 5.92 Å². The molecule has 81 heavy (non-hydrogen) atoms. The van der Waals surface area contributed by atoms with Gasteiger partial charge in [0.15, 0.2) is 0 Å². The van der Waals surface area contributed by atoms with Crippen LogP contribution in [0.1, 0.15) is 155 Å². The van der Waals surface area contributed by atoms with E-state index in [1.807, 2.05) is 45.3 Å². The number of unbranched alkanes of at least 4 members (excludes halogenated alkanes) is 11. The average Bonchev–Trinajstić information content (AvgIpc) is 4.49. The summed E-state index contributed by atoms with van der Waals surface area (Å²) in [7, 11) is 0. The molecule has 1 atom stereocenters. The van der Waals surface area contributed by atoms with Crippen LogP contribution in [0.3, 0.4) is 0 Å². The monoisotopic (exact) mass is 1200 g/mol. The highest BCUT2D eigenvalue weighted by Crippen LogP contribution is 2.49. The first-order valence-electron chi connectivity index (χ1n) is 30.0. The summed E-state index contributed by atoms with van der Waals surface area (Å²) in [4.78, 5) is 11.5. The van der Waals surface area contributed by atoms with Crippen molar-refractivity contribution >= 4 is 124 Å². The topological polar surface area (TPSA) is 56.5 Å². The maximum absolute atomic E-state index is 5.00. The van der Waals surface area contributed by atoms with Gasteiger partial charge in [-0.15, -0.1) is 56.7 Å². The molecule has 0 aliphatic carbocycles. The first-order chi connectivity index (χ1) is 40.0. The number of thiophene rings is 5. The molecule has 0 saturated heterocycles. The first-order valence-corrected chi connectivity index (χ1v) is 35.6. The third kappa shape index (κ3) is 12.1. The molecule has 4 aromatic carbocycles. The average molecular weight is 1200 g/mol. The van der Waals surface area contributed by atoms with E-state index in [0.717, 1.165) is 45.2 Å². The highest BCUT2D eigenvalue weighted by atomic mass is 32.1. The van der Waals surface area contributed by atoms with Gasteiger partial charge in [-0.25, -0.2) is 0 Å². The lowest BCUT2D eigenvalue weighted by molar-refractivity contribution is 0.410. The predicted molar refractivity (Wildman–Crippen MR) is 361 cm³/mol. The minimum atomic E-state index is 0.506. The van der Waals surface area contributed by atoms with Gasteiger partial charge >= 0.3 is 0 Å². The van der Waals surface area contributed by atoms with Crippen LogP contribution in [0.25, 0.3) is 116 Å². The smallest absolute Gasteiger partial charge is 0.114 e.